The van der Waals surface area contributed by atoms with Gasteiger partial charge in [-0.15, -0.1) is 0 Å². The van der Waals surface area contributed by atoms with E-state index in [4.69, 9.17) is 0 Å². The van der Waals surface area contributed by atoms with E-state index in [0.717, 1.165) is 11.0 Å². The molecule has 1 rings (SSSR count). The molecule has 1 aliphatic heterocycles. The molecule has 0 aromatic carbocycles. The Bertz CT molecular complexity index is 453. The fraction of sp³-hybridized carbons (Fsp3) is 0.818. The van der Waals surface area contributed by atoms with Crippen LogP contribution in [0.4, 0.5) is 0 Å². The second kappa shape index (κ2) is 12.7. The van der Waals surface area contributed by atoms with Crippen LogP contribution in [0.3, 0.4) is 0 Å². The van der Waals surface area contributed by atoms with Crippen LogP contribution in [0, 0.1) is 0 Å². The summed E-state index contributed by atoms with van der Waals surface area (Å²) in [6.45, 7) is 4.66. The second-order valence-electron chi connectivity index (χ2n) is 7.68. The molecular weight excluding hydrogens is 324 g/mol. The molecule has 0 aromatic rings. The summed E-state index contributed by atoms with van der Waals surface area (Å²) >= 11 is 0. The molecular formula is C22H42N2S. The van der Waals surface area contributed by atoms with Crippen LogP contribution < -0.4 is 0 Å². The Hall–Kier alpha value is -0.570. The van der Waals surface area contributed by atoms with Crippen molar-refractivity contribution in [3.05, 3.63) is 11.6 Å². The van der Waals surface area contributed by atoms with Crippen molar-refractivity contribution in [2.75, 3.05) is 31.9 Å². The largest absolute Gasteiger partial charge is 0.294 e. The summed E-state index contributed by atoms with van der Waals surface area (Å²) in [6.07, 6.45) is 20.9. The van der Waals surface area contributed by atoms with Gasteiger partial charge in [0.25, 0.3) is 0 Å². The Labute approximate surface area is 159 Å². The molecule has 2 nitrogen and oxygen atoms in total. The van der Waals surface area contributed by atoms with Crippen LogP contribution in [0.25, 0.3) is 0 Å². The van der Waals surface area contributed by atoms with E-state index in [2.05, 4.69) is 36.2 Å². The van der Waals surface area contributed by atoms with Gasteiger partial charge in [0.05, 0.1) is 5.71 Å². The molecule has 0 aromatic heterocycles. The van der Waals surface area contributed by atoms with Crippen molar-refractivity contribution in [1.29, 1.82) is 0 Å². The molecule has 1 heterocycles. The molecule has 25 heavy (non-hydrogen) atoms. The highest BCUT2D eigenvalue weighted by Crippen LogP contribution is 2.56. The maximum absolute atomic E-state index is 4.49. The topological polar surface area (TPSA) is 24.7 Å². The Morgan fingerprint density at radius 1 is 1.08 bits per heavy atom. The number of allylic oxidation sites excluding steroid dienone is 1. The third kappa shape index (κ3) is 7.68. The highest BCUT2D eigenvalue weighted by Gasteiger charge is 2.31. The minimum Gasteiger partial charge on any atom is -0.294 e. The average molecular weight is 367 g/mol. The summed E-state index contributed by atoms with van der Waals surface area (Å²) in [7, 11) is 3.17. The van der Waals surface area contributed by atoms with Gasteiger partial charge in [-0.25, -0.2) is 10.0 Å². The van der Waals surface area contributed by atoms with E-state index in [1.54, 1.807) is 0 Å². The van der Waals surface area contributed by atoms with Crippen molar-refractivity contribution < 1.29 is 0 Å². The van der Waals surface area contributed by atoms with Crippen LogP contribution in [-0.2, 0) is 0 Å². The number of unbranched alkanes of at least 4 members (excludes halogenated alkanes) is 5. The lowest BCUT2D eigenvalue weighted by Gasteiger charge is -2.46. The van der Waals surface area contributed by atoms with Crippen molar-refractivity contribution in [3.63, 3.8) is 0 Å². The lowest BCUT2D eigenvalue weighted by molar-refractivity contribution is 0.566. The molecule has 1 aliphatic rings. The third-order valence-corrected chi connectivity index (χ3v) is 9.80. The molecule has 0 aliphatic carbocycles. The molecule has 0 saturated heterocycles. The van der Waals surface area contributed by atoms with E-state index in [-0.39, 0.29) is 0 Å². The molecule has 0 radical (unpaired) electrons. The summed E-state index contributed by atoms with van der Waals surface area (Å²) in [5, 5.41) is 0.934. The van der Waals surface area contributed by atoms with E-state index < -0.39 is 10.0 Å². The van der Waals surface area contributed by atoms with Crippen molar-refractivity contribution in [2.24, 2.45) is 9.98 Å². The van der Waals surface area contributed by atoms with Crippen LogP contribution in [0.5, 0.6) is 0 Å². The molecule has 0 fully saturated rings. The van der Waals surface area contributed by atoms with Gasteiger partial charge in [0.15, 0.2) is 0 Å². The first-order valence-electron chi connectivity index (χ1n) is 10.4. The number of rotatable bonds is 12. The van der Waals surface area contributed by atoms with Crippen molar-refractivity contribution in [1.82, 2.24) is 0 Å². The van der Waals surface area contributed by atoms with Crippen molar-refractivity contribution in [3.8, 4) is 0 Å². The zero-order valence-electron chi connectivity index (χ0n) is 17.5. The van der Waals surface area contributed by atoms with Crippen LogP contribution in [0.2, 0.25) is 0 Å². The van der Waals surface area contributed by atoms with E-state index in [1.807, 2.05) is 20.3 Å². The molecule has 0 N–H and O–H groups in total. The van der Waals surface area contributed by atoms with Gasteiger partial charge < -0.3 is 0 Å². The van der Waals surface area contributed by atoms with Gasteiger partial charge >= 0.3 is 0 Å². The zero-order valence-corrected chi connectivity index (χ0v) is 18.3. The predicted octanol–water partition coefficient (Wildman–Crippen LogP) is 6.44. The van der Waals surface area contributed by atoms with Gasteiger partial charge in [0, 0.05) is 26.1 Å². The highest BCUT2D eigenvalue weighted by molar-refractivity contribution is 8.33. The van der Waals surface area contributed by atoms with Crippen LogP contribution in [0.15, 0.2) is 21.6 Å². The number of hydrogen-bond acceptors (Lipinski definition) is 2. The maximum atomic E-state index is 4.49. The van der Waals surface area contributed by atoms with Crippen LogP contribution in [0.1, 0.15) is 78.1 Å². The third-order valence-electron chi connectivity index (χ3n) is 5.58. The summed E-state index contributed by atoms with van der Waals surface area (Å²) in [5.41, 5.74) is 2.57. The lowest BCUT2D eigenvalue weighted by Crippen LogP contribution is -2.28. The monoisotopic (exact) mass is 366 g/mol. The fourth-order valence-corrected chi connectivity index (χ4v) is 7.93. The Balaban J connectivity index is 2.66. The number of aliphatic imine (C=N–C) groups is 2. The minimum absolute atomic E-state index is 0.574. The first kappa shape index (κ1) is 22.5. The van der Waals surface area contributed by atoms with Gasteiger partial charge in [0.1, 0.15) is 0 Å². The summed E-state index contributed by atoms with van der Waals surface area (Å²) in [6, 6.07) is 0. The lowest BCUT2D eigenvalue weighted by atomic mass is 10.1. The fourth-order valence-electron chi connectivity index (χ4n) is 4.05. The molecule has 2 atom stereocenters. The Morgan fingerprint density at radius 2 is 1.80 bits per heavy atom. The summed E-state index contributed by atoms with van der Waals surface area (Å²) < 4.78 is 0. The summed E-state index contributed by atoms with van der Waals surface area (Å²) in [5.74, 6) is 2.67. The van der Waals surface area contributed by atoms with E-state index in [0.29, 0.717) is 0 Å². The summed E-state index contributed by atoms with van der Waals surface area (Å²) in [4.78, 5) is 8.70. The van der Waals surface area contributed by atoms with Gasteiger partial charge in [0.2, 0.25) is 0 Å². The molecule has 0 spiro atoms. The molecule has 146 valence electrons. The maximum Gasteiger partial charge on any atom is 0.0785 e. The van der Waals surface area contributed by atoms with E-state index >= 15 is 0 Å². The molecule has 0 bridgehead atoms. The Morgan fingerprint density at radius 3 is 2.44 bits per heavy atom. The van der Waals surface area contributed by atoms with Gasteiger partial charge in [-0.3, -0.25) is 9.98 Å². The first-order valence-corrected chi connectivity index (χ1v) is 12.9. The normalized spacial score (nSPS) is 25.6. The van der Waals surface area contributed by atoms with Crippen molar-refractivity contribution in [2.45, 2.75) is 83.3 Å². The Kier molecular flexibility index (Phi) is 11.4. The molecule has 0 amide bonds. The standard InChI is InChI=1S/C22H42N2S/c1-6-8-9-10-11-12-16-21(14-7-2)25(5)17-13-15-20(19-25)22(24-4)18-23-3/h15,18,21H,6-14,16-17,19H2,1-5H3. The van der Waals surface area contributed by atoms with Crippen LogP contribution in [-0.4, -0.2) is 49.0 Å². The first-order chi connectivity index (χ1) is 12.1. The van der Waals surface area contributed by atoms with Gasteiger partial charge in [-0.05, 0) is 42.1 Å². The van der Waals surface area contributed by atoms with Crippen LogP contribution >= 0.6 is 10.0 Å². The molecule has 0 saturated carbocycles. The minimum atomic E-state index is -0.574. The second-order valence-corrected chi connectivity index (χ2v) is 11.7. The van der Waals surface area contributed by atoms with Gasteiger partial charge in [-0.1, -0.05) is 64.9 Å². The van der Waals surface area contributed by atoms with Gasteiger partial charge in [-0.2, -0.15) is 0 Å². The molecule has 3 heteroatoms. The predicted molar refractivity (Wildman–Crippen MR) is 120 cm³/mol. The average Bonchev–Trinajstić information content (AvgIpc) is 2.61. The van der Waals surface area contributed by atoms with E-state index in [1.165, 1.54) is 81.3 Å². The highest BCUT2D eigenvalue weighted by atomic mass is 32.3. The molecule has 2 unspecified atom stereocenters. The van der Waals surface area contributed by atoms with E-state index in [9.17, 15) is 0 Å². The zero-order chi connectivity index (χ0) is 18.5. The van der Waals surface area contributed by atoms with Crippen molar-refractivity contribution >= 4 is 22.0 Å². The SMILES string of the molecule is CCCCCCCCC(CCC)S1(C)CCC=C(C(C=NC)=NC)C1. The quantitative estimate of drug-likeness (QED) is 0.280. The smallest absolute Gasteiger partial charge is 0.0785 e. The number of nitrogens with zero attached hydrogens (tertiary/aromatic N) is 2. The number of hydrogen-bond donors (Lipinski definition) is 0.